The highest BCUT2D eigenvalue weighted by Gasteiger charge is 2.18. The summed E-state index contributed by atoms with van der Waals surface area (Å²) in [6, 6.07) is 9.50. The summed E-state index contributed by atoms with van der Waals surface area (Å²) in [4.78, 5) is 22.7. The van der Waals surface area contributed by atoms with Gasteiger partial charge < -0.3 is 9.47 Å². The average molecular weight is 246 g/mol. The third-order valence-corrected chi connectivity index (χ3v) is 2.16. The minimum absolute atomic E-state index is 0.146. The molecule has 0 spiro atoms. The average Bonchev–Trinajstić information content (AvgIpc) is 2.43. The highest BCUT2D eigenvalue weighted by molar-refractivity contribution is 6.14. The van der Waals surface area contributed by atoms with Gasteiger partial charge in [0.2, 0.25) is 0 Å². The zero-order valence-electron chi connectivity index (χ0n) is 10.3. The molecule has 0 radical (unpaired) electrons. The smallest absolute Gasteiger partial charge is 0.345 e. The number of ether oxygens (including phenoxy) is 2. The Bertz CT molecular complexity index is 454. The van der Waals surface area contributed by atoms with Gasteiger partial charge in [-0.15, -0.1) is 0 Å². The fourth-order valence-electron chi connectivity index (χ4n) is 1.26. The zero-order valence-corrected chi connectivity index (χ0v) is 10.3. The molecule has 1 aromatic carbocycles. The van der Waals surface area contributed by atoms with Crippen molar-refractivity contribution >= 4 is 18.0 Å². The van der Waals surface area contributed by atoms with Gasteiger partial charge in [0, 0.05) is 0 Å². The van der Waals surface area contributed by atoms with Crippen molar-refractivity contribution < 1.29 is 19.1 Å². The highest BCUT2D eigenvalue weighted by atomic mass is 16.5. The van der Waals surface area contributed by atoms with E-state index in [0.29, 0.717) is 0 Å². The molecule has 0 fully saturated rings. The van der Waals surface area contributed by atoms with E-state index in [-0.39, 0.29) is 5.57 Å². The molecule has 4 nitrogen and oxygen atoms in total. The molecule has 18 heavy (non-hydrogen) atoms. The third kappa shape index (κ3) is 3.90. The first kappa shape index (κ1) is 13.7. The zero-order chi connectivity index (χ0) is 13.4. The molecule has 0 amide bonds. The SMILES string of the molecule is COC(=O)C(=C/C=C\c1ccccc1)C(=O)OC. The van der Waals surface area contributed by atoms with Crippen molar-refractivity contribution in [1.82, 2.24) is 0 Å². The third-order valence-electron chi connectivity index (χ3n) is 2.16. The molecule has 4 heteroatoms. The van der Waals surface area contributed by atoms with E-state index in [4.69, 9.17) is 0 Å². The number of methoxy groups -OCH3 is 2. The first-order valence-corrected chi connectivity index (χ1v) is 5.29. The molecule has 0 unspecified atom stereocenters. The van der Waals surface area contributed by atoms with Crippen molar-refractivity contribution in [3.8, 4) is 0 Å². The molecule has 0 atom stereocenters. The molecule has 0 bridgehead atoms. The standard InChI is InChI=1S/C14H14O4/c1-17-13(15)12(14(16)18-2)10-6-9-11-7-4-3-5-8-11/h3-10H,1-2H3/b9-6-. The maximum absolute atomic E-state index is 11.3. The van der Waals surface area contributed by atoms with Gasteiger partial charge in [-0.25, -0.2) is 9.59 Å². The second-order valence-electron chi connectivity index (χ2n) is 3.33. The molecule has 0 saturated heterocycles. The minimum Gasteiger partial charge on any atom is -0.465 e. The summed E-state index contributed by atoms with van der Waals surface area (Å²) in [7, 11) is 2.42. The predicted molar refractivity (Wildman–Crippen MR) is 67.6 cm³/mol. The van der Waals surface area contributed by atoms with E-state index in [1.807, 2.05) is 30.3 Å². The Morgan fingerprint density at radius 2 is 1.56 bits per heavy atom. The number of allylic oxidation sites excluding steroid dienone is 2. The lowest BCUT2D eigenvalue weighted by Crippen LogP contribution is -2.15. The van der Waals surface area contributed by atoms with Crippen LogP contribution in [0.4, 0.5) is 0 Å². The summed E-state index contributed by atoms with van der Waals surface area (Å²) < 4.78 is 8.99. The molecular weight excluding hydrogens is 232 g/mol. The van der Waals surface area contributed by atoms with Gasteiger partial charge in [0.1, 0.15) is 5.57 Å². The van der Waals surface area contributed by atoms with E-state index >= 15 is 0 Å². The van der Waals surface area contributed by atoms with Crippen LogP contribution in [0.5, 0.6) is 0 Å². The Hall–Kier alpha value is -2.36. The largest absolute Gasteiger partial charge is 0.465 e. The van der Waals surface area contributed by atoms with Crippen LogP contribution in [0, 0.1) is 0 Å². The predicted octanol–water partition coefficient (Wildman–Crippen LogP) is 1.97. The topological polar surface area (TPSA) is 52.6 Å². The molecule has 1 aromatic rings. The number of esters is 2. The highest BCUT2D eigenvalue weighted by Crippen LogP contribution is 2.04. The van der Waals surface area contributed by atoms with E-state index in [0.717, 1.165) is 5.56 Å². The number of rotatable bonds is 4. The van der Waals surface area contributed by atoms with Crippen LogP contribution in [0.1, 0.15) is 5.56 Å². The fourth-order valence-corrected chi connectivity index (χ4v) is 1.26. The molecule has 0 aliphatic carbocycles. The summed E-state index contributed by atoms with van der Waals surface area (Å²) in [5, 5.41) is 0. The van der Waals surface area contributed by atoms with Gasteiger partial charge in [0.05, 0.1) is 14.2 Å². The van der Waals surface area contributed by atoms with Crippen LogP contribution >= 0.6 is 0 Å². The molecule has 0 aliphatic rings. The molecule has 94 valence electrons. The van der Waals surface area contributed by atoms with Crippen LogP contribution in [0.3, 0.4) is 0 Å². The number of carbonyl (C=O) groups excluding carboxylic acids is 2. The summed E-state index contributed by atoms with van der Waals surface area (Å²) in [6.45, 7) is 0. The van der Waals surface area contributed by atoms with Gasteiger partial charge in [-0.05, 0) is 11.6 Å². The van der Waals surface area contributed by atoms with Gasteiger partial charge in [-0.3, -0.25) is 0 Å². The fraction of sp³-hybridized carbons (Fsp3) is 0.143. The van der Waals surface area contributed by atoms with Crippen molar-refractivity contribution in [3.05, 3.63) is 53.6 Å². The Balaban J connectivity index is 2.87. The number of carbonyl (C=O) groups is 2. The molecule has 0 aromatic heterocycles. The number of hydrogen-bond donors (Lipinski definition) is 0. The van der Waals surface area contributed by atoms with E-state index in [1.165, 1.54) is 20.3 Å². The normalized spacial score (nSPS) is 9.89. The second-order valence-corrected chi connectivity index (χ2v) is 3.33. The van der Waals surface area contributed by atoms with Crippen LogP contribution in [0.15, 0.2) is 48.1 Å². The van der Waals surface area contributed by atoms with Crippen molar-refractivity contribution in [1.29, 1.82) is 0 Å². The van der Waals surface area contributed by atoms with E-state index in [2.05, 4.69) is 9.47 Å². The van der Waals surface area contributed by atoms with Crippen molar-refractivity contribution in [2.24, 2.45) is 0 Å². The van der Waals surface area contributed by atoms with Crippen molar-refractivity contribution in [3.63, 3.8) is 0 Å². The van der Waals surface area contributed by atoms with Gasteiger partial charge >= 0.3 is 11.9 Å². The van der Waals surface area contributed by atoms with Crippen LogP contribution < -0.4 is 0 Å². The van der Waals surface area contributed by atoms with Gasteiger partial charge in [-0.2, -0.15) is 0 Å². The summed E-state index contributed by atoms with van der Waals surface area (Å²) in [5.41, 5.74) is 0.815. The molecule has 0 heterocycles. The van der Waals surface area contributed by atoms with Crippen LogP contribution in [0.25, 0.3) is 6.08 Å². The van der Waals surface area contributed by atoms with Crippen LogP contribution in [-0.4, -0.2) is 26.2 Å². The summed E-state index contributed by atoms with van der Waals surface area (Å²) in [5.74, 6) is -1.45. The lowest BCUT2D eigenvalue weighted by atomic mass is 10.2. The van der Waals surface area contributed by atoms with Gasteiger partial charge in [-0.1, -0.05) is 42.5 Å². The van der Waals surface area contributed by atoms with E-state index < -0.39 is 11.9 Å². The molecule has 0 N–H and O–H groups in total. The van der Waals surface area contributed by atoms with Crippen LogP contribution in [0.2, 0.25) is 0 Å². The summed E-state index contributed by atoms with van der Waals surface area (Å²) in [6.07, 6.45) is 4.73. The first-order chi connectivity index (χ1) is 8.69. The maximum atomic E-state index is 11.3. The first-order valence-electron chi connectivity index (χ1n) is 5.29. The van der Waals surface area contributed by atoms with Gasteiger partial charge in [0.25, 0.3) is 0 Å². The maximum Gasteiger partial charge on any atom is 0.345 e. The lowest BCUT2D eigenvalue weighted by Gasteiger charge is -2.01. The van der Waals surface area contributed by atoms with Gasteiger partial charge in [0.15, 0.2) is 0 Å². The molecule has 1 rings (SSSR count). The monoisotopic (exact) mass is 246 g/mol. The van der Waals surface area contributed by atoms with Crippen molar-refractivity contribution in [2.75, 3.05) is 14.2 Å². The lowest BCUT2D eigenvalue weighted by molar-refractivity contribution is -0.144. The second kappa shape index (κ2) is 7.06. The Morgan fingerprint density at radius 3 is 2.06 bits per heavy atom. The molecule has 0 saturated carbocycles. The van der Waals surface area contributed by atoms with Crippen LogP contribution in [-0.2, 0) is 19.1 Å². The number of hydrogen-bond acceptors (Lipinski definition) is 4. The Labute approximate surface area is 106 Å². The summed E-state index contributed by atoms with van der Waals surface area (Å²) >= 11 is 0. The molecule has 0 aliphatic heterocycles. The molecular formula is C14H14O4. The Morgan fingerprint density at radius 1 is 1.00 bits per heavy atom. The minimum atomic E-state index is -0.723. The van der Waals surface area contributed by atoms with E-state index in [9.17, 15) is 9.59 Å². The van der Waals surface area contributed by atoms with E-state index in [1.54, 1.807) is 12.2 Å². The van der Waals surface area contributed by atoms with Crippen molar-refractivity contribution in [2.45, 2.75) is 0 Å². The quantitative estimate of drug-likeness (QED) is 0.268. The number of benzene rings is 1. The Kier molecular flexibility index (Phi) is 5.38.